The third-order valence-electron chi connectivity index (χ3n) is 0.370. The van der Waals surface area contributed by atoms with E-state index in [-0.39, 0.29) is 0 Å². The highest BCUT2D eigenvalue weighted by atomic mass is 16.2. The first-order valence-electron chi connectivity index (χ1n) is 1.74. The number of hydrazine groups is 1. The van der Waals surface area contributed by atoms with Crippen molar-refractivity contribution < 1.29 is 4.79 Å². The number of nitrogens with one attached hydrogen (secondary N) is 1. The molecule has 0 fully saturated rings. The molecule has 38 valence electrons. The van der Waals surface area contributed by atoms with E-state index in [9.17, 15) is 4.79 Å². The number of hydrogen-bond acceptors (Lipinski definition) is 2. The number of rotatable bonds is 0. The predicted molar refractivity (Wildman–Crippen MR) is 25.8 cm³/mol. The fourth-order valence-electron chi connectivity index (χ4n) is 0.150. The van der Waals surface area contributed by atoms with Crippen LogP contribution in [0.3, 0.4) is 0 Å². The molecule has 0 saturated heterocycles. The second-order valence-electron chi connectivity index (χ2n) is 0.848. The molecule has 0 aliphatic carbocycles. The van der Waals surface area contributed by atoms with Crippen molar-refractivity contribution in [3.8, 4) is 11.8 Å². The Balaban J connectivity index is 3.52. The van der Waals surface area contributed by atoms with Crippen LogP contribution in [0.15, 0.2) is 0 Å². The van der Waals surface area contributed by atoms with E-state index < -0.39 is 5.91 Å². The fourth-order valence-corrected chi connectivity index (χ4v) is 0.150. The Morgan fingerprint density at radius 2 is 2.43 bits per heavy atom. The molecule has 0 aliphatic rings. The van der Waals surface area contributed by atoms with Crippen molar-refractivity contribution in [3.63, 3.8) is 0 Å². The maximum atomic E-state index is 10.0. The molecule has 7 heavy (non-hydrogen) atoms. The van der Waals surface area contributed by atoms with Gasteiger partial charge in [0.1, 0.15) is 0 Å². The molecule has 0 bridgehead atoms. The molecule has 0 aromatic heterocycles. The van der Waals surface area contributed by atoms with E-state index in [4.69, 9.17) is 0 Å². The Morgan fingerprint density at radius 3 is 2.57 bits per heavy atom. The van der Waals surface area contributed by atoms with E-state index in [1.807, 2.05) is 5.43 Å². The van der Waals surface area contributed by atoms with Gasteiger partial charge in [0, 0.05) is 0 Å². The molecule has 3 N–H and O–H groups in total. The van der Waals surface area contributed by atoms with Crippen LogP contribution >= 0.6 is 0 Å². The van der Waals surface area contributed by atoms with Gasteiger partial charge in [-0.3, -0.25) is 10.2 Å². The zero-order chi connectivity index (χ0) is 5.70. The lowest BCUT2D eigenvalue weighted by Crippen LogP contribution is -2.28. The van der Waals surface area contributed by atoms with E-state index in [1.54, 1.807) is 6.92 Å². The Labute approximate surface area is 41.9 Å². The quantitative estimate of drug-likeness (QED) is 0.177. The molecule has 0 aliphatic heterocycles. The number of hydrogen-bond donors (Lipinski definition) is 2. The monoisotopic (exact) mass is 98.0 g/mol. The van der Waals surface area contributed by atoms with Gasteiger partial charge in [0.15, 0.2) is 0 Å². The highest BCUT2D eigenvalue weighted by Gasteiger charge is 1.81. The summed E-state index contributed by atoms with van der Waals surface area (Å²) in [5.74, 6) is 8.75. The van der Waals surface area contributed by atoms with Crippen LogP contribution < -0.4 is 11.3 Å². The summed E-state index contributed by atoms with van der Waals surface area (Å²) in [6.45, 7) is 1.56. The van der Waals surface area contributed by atoms with Crippen LogP contribution in [0.5, 0.6) is 0 Å². The second-order valence-corrected chi connectivity index (χ2v) is 0.848. The van der Waals surface area contributed by atoms with E-state index >= 15 is 0 Å². The zero-order valence-electron chi connectivity index (χ0n) is 3.99. The van der Waals surface area contributed by atoms with Crippen molar-refractivity contribution >= 4 is 5.91 Å². The summed E-state index contributed by atoms with van der Waals surface area (Å²) in [6.07, 6.45) is 0. The SMILES string of the molecule is CC#CC(=O)NN. The maximum Gasteiger partial charge on any atom is 0.309 e. The minimum atomic E-state index is -0.456. The Kier molecular flexibility index (Phi) is 2.73. The number of nitrogens with two attached hydrogens (primary N) is 1. The van der Waals surface area contributed by atoms with E-state index in [0.717, 1.165) is 0 Å². The van der Waals surface area contributed by atoms with Crippen molar-refractivity contribution in [2.24, 2.45) is 5.84 Å². The van der Waals surface area contributed by atoms with Crippen LogP contribution in [0, 0.1) is 11.8 Å². The molecule has 3 nitrogen and oxygen atoms in total. The van der Waals surface area contributed by atoms with Crippen molar-refractivity contribution in [1.82, 2.24) is 5.43 Å². The van der Waals surface area contributed by atoms with E-state index in [1.165, 1.54) is 0 Å². The Bertz CT molecular complexity index is 119. The lowest BCUT2D eigenvalue weighted by atomic mass is 10.6. The van der Waals surface area contributed by atoms with Gasteiger partial charge >= 0.3 is 5.91 Å². The molecule has 0 unspecified atom stereocenters. The summed E-state index contributed by atoms with van der Waals surface area (Å²) >= 11 is 0. The number of amides is 1. The molecule has 0 radical (unpaired) electrons. The summed E-state index contributed by atoms with van der Waals surface area (Å²) in [5, 5.41) is 0. The van der Waals surface area contributed by atoms with Gasteiger partial charge in [-0.25, -0.2) is 5.84 Å². The van der Waals surface area contributed by atoms with Gasteiger partial charge in [0.05, 0.1) is 0 Å². The molecule has 1 amide bonds. The normalized spacial score (nSPS) is 6.00. The highest BCUT2D eigenvalue weighted by molar-refractivity contribution is 5.92. The minimum absolute atomic E-state index is 0.456. The highest BCUT2D eigenvalue weighted by Crippen LogP contribution is 1.51. The van der Waals surface area contributed by atoms with Crippen LogP contribution in [-0.2, 0) is 4.79 Å². The standard InChI is InChI=1S/C4H6N2O/c1-2-3-4(7)6-5/h5H2,1H3,(H,6,7). The van der Waals surface area contributed by atoms with E-state index in [2.05, 4.69) is 17.7 Å². The van der Waals surface area contributed by atoms with Crippen LogP contribution in [-0.4, -0.2) is 5.91 Å². The second kappa shape index (κ2) is 3.19. The van der Waals surface area contributed by atoms with Crippen molar-refractivity contribution in [1.29, 1.82) is 0 Å². The Morgan fingerprint density at radius 1 is 1.86 bits per heavy atom. The number of carbonyl (C=O) groups excluding carboxylic acids is 1. The maximum absolute atomic E-state index is 10.0. The van der Waals surface area contributed by atoms with Gasteiger partial charge in [0.25, 0.3) is 0 Å². The first-order valence-corrected chi connectivity index (χ1v) is 1.74. The summed E-state index contributed by atoms with van der Waals surface area (Å²) in [5.41, 5.74) is 1.85. The lowest BCUT2D eigenvalue weighted by molar-refractivity contribution is -0.115. The first-order chi connectivity index (χ1) is 3.31. The molecular weight excluding hydrogens is 92.1 g/mol. The van der Waals surface area contributed by atoms with Crippen LogP contribution in [0.2, 0.25) is 0 Å². The van der Waals surface area contributed by atoms with Gasteiger partial charge < -0.3 is 0 Å². The summed E-state index contributed by atoms with van der Waals surface area (Å²) in [6, 6.07) is 0. The average molecular weight is 98.1 g/mol. The van der Waals surface area contributed by atoms with Gasteiger partial charge in [-0.15, -0.1) is 0 Å². The van der Waals surface area contributed by atoms with Crippen molar-refractivity contribution in [3.05, 3.63) is 0 Å². The predicted octanol–water partition coefficient (Wildman–Crippen LogP) is -1.00. The molecular formula is C4H6N2O. The van der Waals surface area contributed by atoms with Crippen molar-refractivity contribution in [2.45, 2.75) is 6.92 Å². The number of carbonyl (C=O) groups is 1. The molecule has 0 aromatic rings. The van der Waals surface area contributed by atoms with Gasteiger partial charge in [0.2, 0.25) is 0 Å². The van der Waals surface area contributed by atoms with Crippen LogP contribution in [0.1, 0.15) is 6.92 Å². The molecule has 0 spiro atoms. The third-order valence-corrected chi connectivity index (χ3v) is 0.370. The van der Waals surface area contributed by atoms with Gasteiger partial charge in [-0.2, -0.15) is 0 Å². The summed E-state index contributed by atoms with van der Waals surface area (Å²) in [4.78, 5) is 10.0. The summed E-state index contributed by atoms with van der Waals surface area (Å²) in [7, 11) is 0. The lowest BCUT2D eigenvalue weighted by Gasteiger charge is -1.81. The molecule has 0 saturated carbocycles. The largest absolute Gasteiger partial charge is 0.309 e. The Hall–Kier alpha value is -1.01. The van der Waals surface area contributed by atoms with Crippen LogP contribution in [0.4, 0.5) is 0 Å². The van der Waals surface area contributed by atoms with Gasteiger partial charge in [-0.05, 0) is 12.8 Å². The van der Waals surface area contributed by atoms with Gasteiger partial charge in [-0.1, -0.05) is 5.92 Å². The molecule has 3 heteroatoms. The molecule has 0 atom stereocenters. The zero-order valence-corrected chi connectivity index (χ0v) is 3.99. The third kappa shape index (κ3) is 2.80. The minimum Gasteiger partial charge on any atom is -0.283 e. The van der Waals surface area contributed by atoms with E-state index in [0.29, 0.717) is 0 Å². The molecule has 0 aromatic carbocycles. The first kappa shape index (κ1) is 5.99. The smallest absolute Gasteiger partial charge is 0.283 e. The molecule has 0 heterocycles. The molecule has 0 rings (SSSR count). The fraction of sp³-hybridized carbons (Fsp3) is 0.250. The summed E-state index contributed by atoms with van der Waals surface area (Å²) < 4.78 is 0. The average Bonchev–Trinajstić information content (AvgIpc) is 1.68. The van der Waals surface area contributed by atoms with Crippen LogP contribution in [0.25, 0.3) is 0 Å². The topological polar surface area (TPSA) is 55.1 Å². The van der Waals surface area contributed by atoms with Crippen molar-refractivity contribution in [2.75, 3.05) is 0 Å².